The van der Waals surface area contributed by atoms with Gasteiger partial charge in [-0.3, -0.25) is 14.6 Å². The highest BCUT2D eigenvalue weighted by Crippen LogP contribution is 2.61. The highest BCUT2D eigenvalue weighted by Gasteiger charge is 2.51. The fourth-order valence-corrected chi connectivity index (χ4v) is 6.88. The number of aromatic nitrogens is 2. The number of carbonyl (C=O) groups is 2. The van der Waals surface area contributed by atoms with Gasteiger partial charge >= 0.3 is 0 Å². The summed E-state index contributed by atoms with van der Waals surface area (Å²) in [6.45, 7) is 2.66. The Kier molecular flexibility index (Phi) is 4.60. The van der Waals surface area contributed by atoms with Crippen molar-refractivity contribution in [2.75, 3.05) is 26.2 Å². The summed E-state index contributed by atoms with van der Waals surface area (Å²) in [4.78, 5) is 37.8. The monoisotopic (exact) mass is 382 g/mol. The van der Waals surface area contributed by atoms with Crippen LogP contribution in [-0.2, 0) is 4.79 Å². The Morgan fingerprint density at radius 2 is 1.57 bits per heavy atom. The van der Waals surface area contributed by atoms with E-state index < -0.39 is 0 Å². The van der Waals surface area contributed by atoms with Gasteiger partial charge in [-0.05, 0) is 68.1 Å². The molecule has 5 fully saturated rings. The van der Waals surface area contributed by atoms with Gasteiger partial charge in [0, 0.05) is 45.0 Å². The summed E-state index contributed by atoms with van der Waals surface area (Å²) in [7, 11) is 0. The fraction of sp³-hybridized carbons (Fsp3) is 0.727. The van der Waals surface area contributed by atoms with Gasteiger partial charge in [0.1, 0.15) is 5.69 Å². The summed E-state index contributed by atoms with van der Waals surface area (Å²) >= 11 is 0. The molecule has 2 heterocycles. The average Bonchev–Trinajstić information content (AvgIpc) is 2.93. The van der Waals surface area contributed by atoms with Crippen molar-refractivity contribution in [3.05, 3.63) is 24.3 Å². The number of nitrogens with zero attached hydrogens (tertiary/aromatic N) is 4. The molecule has 4 saturated carbocycles. The van der Waals surface area contributed by atoms with Gasteiger partial charge in [-0.1, -0.05) is 0 Å². The number of carbonyl (C=O) groups excluding carboxylic acids is 2. The molecule has 4 bridgehead atoms. The normalized spacial score (nSPS) is 34.4. The smallest absolute Gasteiger partial charge is 0.274 e. The van der Waals surface area contributed by atoms with Crippen molar-refractivity contribution in [3.63, 3.8) is 0 Å². The van der Waals surface area contributed by atoms with Gasteiger partial charge in [0.2, 0.25) is 5.91 Å². The van der Waals surface area contributed by atoms with Gasteiger partial charge in [-0.15, -0.1) is 0 Å². The predicted octanol–water partition coefficient (Wildman–Crippen LogP) is 2.76. The van der Waals surface area contributed by atoms with Crippen LogP contribution in [0.2, 0.25) is 0 Å². The molecule has 1 aromatic rings. The molecular formula is C22H30N4O2. The molecule has 0 radical (unpaired) electrons. The minimum Gasteiger partial charge on any atom is -0.341 e. The highest BCUT2D eigenvalue weighted by atomic mass is 16.2. The molecule has 150 valence electrons. The number of hydrogen-bond donors (Lipinski definition) is 0. The predicted molar refractivity (Wildman–Crippen MR) is 104 cm³/mol. The minimum absolute atomic E-state index is 0.0801. The average molecular weight is 383 g/mol. The highest BCUT2D eigenvalue weighted by molar-refractivity contribution is 5.92. The van der Waals surface area contributed by atoms with E-state index in [1.807, 2.05) is 9.80 Å². The van der Waals surface area contributed by atoms with E-state index in [1.54, 1.807) is 12.4 Å². The van der Waals surface area contributed by atoms with Crippen LogP contribution in [0.25, 0.3) is 0 Å². The third-order valence-electron chi connectivity index (χ3n) is 7.61. The zero-order chi connectivity index (χ0) is 19.1. The number of rotatable bonds is 3. The van der Waals surface area contributed by atoms with E-state index in [1.165, 1.54) is 44.7 Å². The van der Waals surface area contributed by atoms with Gasteiger partial charge in [0.15, 0.2) is 0 Å². The zero-order valence-corrected chi connectivity index (χ0v) is 16.6. The Balaban J connectivity index is 1.21. The van der Waals surface area contributed by atoms with Gasteiger partial charge < -0.3 is 9.80 Å². The molecule has 2 amide bonds. The molecular weight excluding hydrogens is 352 g/mol. The second-order valence-corrected chi connectivity index (χ2v) is 9.71. The molecule has 0 atom stereocenters. The molecule has 0 N–H and O–H groups in total. The van der Waals surface area contributed by atoms with E-state index in [0.29, 0.717) is 31.2 Å². The Morgan fingerprint density at radius 1 is 0.929 bits per heavy atom. The first-order valence-corrected chi connectivity index (χ1v) is 10.9. The molecule has 4 aliphatic carbocycles. The van der Waals surface area contributed by atoms with Crippen LogP contribution in [0.3, 0.4) is 0 Å². The molecule has 6 nitrogen and oxygen atoms in total. The van der Waals surface area contributed by atoms with Crippen molar-refractivity contribution in [1.82, 2.24) is 19.8 Å². The third-order valence-corrected chi connectivity index (χ3v) is 7.61. The first-order valence-electron chi connectivity index (χ1n) is 10.9. The lowest BCUT2D eigenvalue weighted by molar-refractivity contribution is -0.139. The second kappa shape index (κ2) is 7.12. The van der Waals surface area contributed by atoms with Crippen LogP contribution in [0, 0.1) is 23.2 Å². The molecule has 28 heavy (non-hydrogen) atoms. The maximum Gasteiger partial charge on any atom is 0.274 e. The van der Waals surface area contributed by atoms with Crippen LogP contribution in [-0.4, -0.2) is 57.8 Å². The molecule has 6 rings (SSSR count). The van der Waals surface area contributed by atoms with Gasteiger partial charge in [-0.2, -0.15) is 0 Å². The Morgan fingerprint density at radius 3 is 2.21 bits per heavy atom. The largest absolute Gasteiger partial charge is 0.341 e. The summed E-state index contributed by atoms with van der Waals surface area (Å²) in [5.41, 5.74) is 0.670. The summed E-state index contributed by atoms with van der Waals surface area (Å²) in [6.07, 6.45) is 14.3. The van der Waals surface area contributed by atoms with Gasteiger partial charge in [-0.25, -0.2) is 4.98 Å². The summed E-state index contributed by atoms with van der Waals surface area (Å²) in [5.74, 6) is 2.87. The molecule has 0 unspecified atom stereocenters. The van der Waals surface area contributed by atoms with E-state index >= 15 is 0 Å². The van der Waals surface area contributed by atoms with Crippen LogP contribution in [0.15, 0.2) is 18.6 Å². The third kappa shape index (κ3) is 3.42. The first kappa shape index (κ1) is 18.1. The lowest BCUT2D eigenvalue weighted by Gasteiger charge is -2.57. The molecule has 0 aromatic carbocycles. The van der Waals surface area contributed by atoms with Crippen LogP contribution in [0.4, 0.5) is 0 Å². The molecule has 0 spiro atoms. The lowest BCUT2D eigenvalue weighted by atomic mass is 9.49. The van der Waals surface area contributed by atoms with Crippen LogP contribution in [0.1, 0.15) is 61.9 Å². The molecule has 1 aliphatic heterocycles. The van der Waals surface area contributed by atoms with Crippen LogP contribution >= 0.6 is 0 Å². The van der Waals surface area contributed by atoms with Crippen molar-refractivity contribution in [3.8, 4) is 0 Å². The van der Waals surface area contributed by atoms with Gasteiger partial charge in [0.05, 0.1) is 6.20 Å². The van der Waals surface area contributed by atoms with E-state index in [-0.39, 0.29) is 11.3 Å². The molecule has 5 aliphatic rings. The fourth-order valence-electron chi connectivity index (χ4n) is 6.88. The SMILES string of the molecule is O=C(CC12CC3CC(CC(C3)C1)C2)N1CCCN(C(=O)c2cnccn2)CC1. The van der Waals surface area contributed by atoms with Crippen LogP contribution in [0.5, 0.6) is 0 Å². The summed E-state index contributed by atoms with van der Waals surface area (Å²) < 4.78 is 0. The molecule has 6 heteroatoms. The van der Waals surface area contributed by atoms with Crippen LogP contribution < -0.4 is 0 Å². The first-order chi connectivity index (χ1) is 13.6. The second-order valence-electron chi connectivity index (χ2n) is 9.71. The van der Waals surface area contributed by atoms with E-state index in [4.69, 9.17) is 0 Å². The number of hydrogen-bond acceptors (Lipinski definition) is 4. The van der Waals surface area contributed by atoms with Crippen molar-refractivity contribution in [1.29, 1.82) is 0 Å². The molecule has 1 aromatic heterocycles. The molecule has 1 saturated heterocycles. The maximum absolute atomic E-state index is 13.2. The van der Waals surface area contributed by atoms with E-state index in [9.17, 15) is 9.59 Å². The van der Waals surface area contributed by atoms with Crippen molar-refractivity contribution in [2.45, 2.75) is 51.4 Å². The zero-order valence-electron chi connectivity index (χ0n) is 16.6. The van der Waals surface area contributed by atoms with Crippen molar-refractivity contribution >= 4 is 11.8 Å². The summed E-state index contributed by atoms with van der Waals surface area (Å²) in [6, 6.07) is 0. The number of amides is 2. The van der Waals surface area contributed by atoms with Crippen molar-refractivity contribution in [2.24, 2.45) is 23.2 Å². The Hall–Kier alpha value is -1.98. The van der Waals surface area contributed by atoms with Gasteiger partial charge in [0.25, 0.3) is 5.91 Å². The van der Waals surface area contributed by atoms with E-state index in [2.05, 4.69) is 9.97 Å². The Bertz CT molecular complexity index is 715. The van der Waals surface area contributed by atoms with Crippen molar-refractivity contribution < 1.29 is 9.59 Å². The topological polar surface area (TPSA) is 66.4 Å². The maximum atomic E-state index is 13.2. The lowest BCUT2D eigenvalue weighted by Crippen LogP contribution is -2.48. The quantitative estimate of drug-likeness (QED) is 0.806. The standard InChI is InChI=1S/C22H30N4O2/c27-20(14-22-11-16-8-17(12-22)10-18(9-16)13-22)25-4-1-5-26(7-6-25)21(28)19-15-23-2-3-24-19/h2-3,15-18H,1,4-14H2. The minimum atomic E-state index is -0.0801. The Labute approximate surface area is 166 Å². The van der Waals surface area contributed by atoms with E-state index in [0.717, 1.165) is 37.1 Å². The summed E-state index contributed by atoms with van der Waals surface area (Å²) in [5, 5.41) is 0.